The van der Waals surface area contributed by atoms with Crippen LogP contribution in [0.3, 0.4) is 0 Å². The molecule has 3 nitrogen and oxygen atoms in total. The van der Waals surface area contributed by atoms with Crippen molar-refractivity contribution in [2.24, 2.45) is 5.92 Å². The molecule has 0 amide bonds. The summed E-state index contributed by atoms with van der Waals surface area (Å²) in [7, 11) is 2.02. The summed E-state index contributed by atoms with van der Waals surface area (Å²) in [5, 5.41) is 5.38. The summed E-state index contributed by atoms with van der Waals surface area (Å²) in [4.78, 5) is 10.6. The number of aromatic nitrogens is 2. The lowest BCUT2D eigenvalue weighted by atomic mass is 9.87. The van der Waals surface area contributed by atoms with Gasteiger partial charge >= 0.3 is 0 Å². The van der Waals surface area contributed by atoms with Crippen LogP contribution in [0, 0.1) is 5.92 Å². The van der Waals surface area contributed by atoms with E-state index in [1.54, 1.807) is 11.3 Å². The van der Waals surface area contributed by atoms with Crippen LogP contribution in [-0.2, 0) is 19.3 Å². The zero-order valence-electron chi connectivity index (χ0n) is 11.2. The van der Waals surface area contributed by atoms with Crippen LogP contribution in [0.25, 0.3) is 0 Å². The number of fused-ring (bicyclic) bond motifs is 1. The fraction of sp³-hybridized carbons (Fsp3) is 0.467. The average molecular weight is 273 g/mol. The average Bonchev–Trinajstić information content (AvgIpc) is 2.92. The lowest BCUT2D eigenvalue weighted by Gasteiger charge is -2.23. The minimum atomic E-state index is 0.740. The number of rotatable bonds is 4. The zero-order chi connectivity index (χ0) is 13.1. The van der Waals surface area contributed by atoms with Crippen molar-refractivity contribution in [2.45, 2.75) is 25.7 Å². The summed E-state index contributed by atoms with van der Waals surface area (Å²) in [5.41, 5.74) is 2.62. The summed E-state index contributed by atoms with van der Waals surface area (Å²) in [6.45, 7) is 1.09. The van der Waals surface area contributed by atoms with E-state index in [0.29, 0.717) is 0 Å². The summed E-state index contributed by atoms with van der Waals surface area (Å²) in [6.07, 6.45) is 6.37. The van der Waals surface area contributed by atoms with Crippen molar-refractivity contribution in [1.82, 2.24) is 15.3 Å². The van der Waals surface area contributed by atoms with Gasteiger partial charge in [0, 0.05) is 23.2 Å². The fourth-order valence-corrected chi connectivity index (χ4v) is 3.44. The van der Waals surface area contributed by atoms with Gasteiger partial charge in [-0.05, 0) is 55.8 Å². The molecule has 0 bridgehead atoms. The van der Waals surface area contributed by atoms with E-state index in [4.69, 9.17) is 4.98 Å². The Bertz CT molecular complexity index is 536. The molecular weight excluding hydrogens is 254 g/mol. The lowest BCUT2D eigenvalue weighted by molar-refractivity contribution is 0.433. The second-order valence-corrected chi connectivity index (χ2v) is 6.21. The van der Waals surface area contributed by atoms with Crippen molar-refractivity contribution >= 4 is 11.3 Å². The van der Waals surface area contributed by atoms with Gasteiger partial charge in [-0.25, -0.2) is 9.97 Å². The van der Waals surface area contributed by atoms with Gasteiger partial charge in [0.1, 0.15) is 5.82 Å². The molecule has 1 aliphatic carbocycles. The van der Waals surface area contributed by atoms with Crippen LogP contribution in [-0.4, -0.2) is 23.6 Å². The number of hydrogen-bond donors (Lipinski definition) is 1. The van der Waals surface area contributed by atoms with Crippen LogP contribution in [0.1, 0.15) is 28.4 Å². The lowest BCUT2D eigenvalue weighted by Crippen LogP contribution is -2.25. The molecule has 2 aromatic heterocycles. The maximum atomic E-state index is 4.76. The molecule has 0 radical (unpaired) electrons. The Morgan fingerprint density at radius 3 is 3.21 bits per heavy atom. The van der Waals surface area contributed by atoms with Gasteiger partial charge in [0.2, 0.25) is 0 Å². The molecule has 1 unspecified atom stereocenters. The highest BCUT2D eigenvalue weighted by Gasteiger charge is 2.19. The van der Waals surface area contributed by atoms with E-state index in [2.05, 4.69) is 27.8 Å². The highest BCUT2D eigenvalue weighted by molar-refractivity contribution is 7.09. The second kappa shape index (κ2) is 5.80. The molecule has 1 atom stereocenters. The highest BCUT2D eigenvalue weighted by atomic mass is 32.1. The SMILES string of the molecule is CNCC1CCc2nc(Cc3cccs3)ncc2C1. The number of thiophene rings is 1. The normalized spacial score (nSPS) is 18.3. The van der Waals surface area contributed by atoms with E-state index in [1.807, 2.05) is 13.2 Å². The van der Waals surface area contributed by atoms with Gasteiger partial charge in [-0.3, -0.25) is 0 Å². The van der Waals surface area contributed by atoms with E-state index in [-0.39, 0.29) is 0 Å². The molecular formula is C15H19N3S. The molecule has 4 heteroatoms. The van der Waals surface area contributed by atoms with Gasteiger partial charge in [-0.1, -0.05) is 6.07 Å². The molecule has 0 aromatic carbocycles. The van der Waals surface area contributed by atoms with Crippen molar-refractivity contribution in [1.29, 1.82) is 0 Å². The summed E-state index contributed by atoms with van der Waals surface area (Å²) >= 11 is 1.77. The third kappa shape index (κ3) is 3.01. The predicted octanol–water partition coefficient (Wildman–Crippen LogP) is 2.45. The van der Waals surface area contributed by atoms with Crippen LogP contribution in [0.4, 0.5) is 0 Å². The Hall–Kier alpha value is -1.26. The molecule has 0 saturated heterocycles. The number of aryl methyl sites for hydroxylation is 1. The zero-order valence-corrected chi connectivity index (χ0v) is 12.0. The maximum Gasteiger partial charge on any atom is 0.133 e. The van der Waals surface area contributed by atoms with E-state index in [0.717, 1.165) is 37.5 Å². The highest BCUT2D eigenvalue weighted by Crippen LogP contribution is 2.24. The molecule has 19 heavy (non-hydrogen) atoms. The summed E-state index contributed by atoms with van der Waals surface area (Å²) in [6, 6.07) is 4.23. The van der Waals surface area contributed by atoms with Crippen molar-refractivity contribution in [3.8, 4) is 0 Å². The van der Waals surface area contributed by atoms with Gasteiger partial charge in [0.25, 0.3) is 0 Å². The van der Waals surface area contributed by atoms with Crippen molar-refractivity contribution in [2.75, 3.05) is 13.6 Å². The monoisotopic (exact) mass is 273 g/mol. The first-order valence-corrected chi connectivity index (χ1v) is 7.74. The first-order valence-electron chi connectivity index (χ1n) is 6.86. The van der Waals surface area contributed by atoms with E-state index in [1.165, 1.54) is 22.6 Å². The van der Waals surface area contributed by atoms with Crippen LogP contribution < -0.4 is 5.32 Å². The van der Waals surface area contributed by atoms with E-state index < -0.39 is 0 Å². The Morgan fingerprint density at radius 2 is 2.42 bits per heavy atom. The third-order valence-corrected chi connectivity index (χ3v) is 4.58. The topological polar surface area (TPSA) is 37.8 Å². The third-order valence-electron chi connectivity index (χ3n) is 3.71. The fourth-order valence-electron chi connectivity index (χ4n) is 2.74. The van der Waals surface area contributed by atoms with Crippen LogP contribution in [0.2, 0.25) is 0 Å². The van der Waals surface area contributed by atoms with Gasteiger partial charge in [-0.15, -0.1) is 11.3 Å². The largest absolute Gasteiger partial charge is 0.319 e. The molecule has 2 heterocycles. The summed E-state index contributed by atoms with van der Waals surface area (Å²) in [5.74, 6) is 1.71. The number of nitrogens with zero attached hydrogens (tertiary/aromatic N) is 2. The standard InChI is InChI=1S/C15H19N3S/c1-16-9-11-4-5-14-12(7-11)10-17-15(18-14)8-13-3-2-6-19-13/h2-3,6,10-11,16H,4-5,7-9H2,1H3. The predicted molar refractivity (Wildman–Crippen MR) is 78.6 cm³/mol. The Morgan fingerprint density at radius 1 is 1.47 bits per heavy atom. The Kier molecular flexibility index (Phi) is 3.89. The Balaban J connectivity index is 1.74. The number of hydrogen-bond acceptors (Lipinski definition) is 4. The maximum absolute atomic E-state index is 4.76. The first kappa shape index (κ1) is 12.8. The molecule has 1 aliphatic rings. The molecule has 2 aromatic rings. The van der Waals surface area contributed by atoms with Crippen LogP contribution in [0.5, 0.6) is 0 Å². The minimum Gasteiger partial charge on any atom is -0.319 e. The smallest absolute Gasteiger partial charge is 0.133 e. The van der Waals surface area contributed by atoms with E-state index in [9.17, 15) is 0 Å². The second-order valence-electron chi connectivity index (χ2n) is 5.18. The van der Waals surface area contributed by atoms with Crippen molar-refractivity contribution in [3.63, 3.8) is 0 Å². The van der Waals surface area contributed by atoms with Gasteiger partial charge in [0.15, 0.2) is 0 Å². The molecule has 0 fully saturated rings. The van der Waals surface area contributed by atoms with E-state index >= 15 is 0 Å². The molecule has 1 N–H and O–H groups in total. The van der Waals surface area contributed by atoms with Crippen LogP contribution in [0.15, 0.2) is 23.7 Å². The molecule has 0 spiro atoms. The Labute approximate surface area is 118 Å². The first-order chi connectivity index (χ1) is 9.35. The molecule has 3 rings (SSSR count). The molecule has 100 valence electrons. The van der Waals surface area contributed by atoms with Gasteiger partial charge < -0.3 is 5.32 Å². The van der Waals surface area contributed by atoms with Gasteiger partial charge in [-0.2, -0.15) is 0 Å². The van der Waals surface area contributed by atoms with Crippen LogP contribution >= 0.6 is 11.3 Å². The minimum absolute atomic E-state index is 0.740. The quantitative estimate of drug-likeness (QED) is 0.930. The molecule has 0 aliphatic heterocycles. The summed E-state index contributed by atoms with van der Waals surface area (Å²) < 4.78 is 0. The molecule has 0 saturated carbocycles. The van der Waals surface area contributed by atoms with Crippen molar-refractivity contribution < 1.29 is 0 Å². The van der Waals surface area contributed by atoms with Crippen molar-refractivity contribution in [3.05, 3.63) is 45.7 Å². The number of nitrogens with one attached hydrogen (secondary N) is 1. The van der Waals surface area contributed by atoms with Gasteiger partial charge in [0.05, 0.1) is 0 Å².